The Morgan fingerprint density at radius 3 is 3.21 bits per heavy atom. The van der Waals surface area contributed by atoms with Gasteiger partial charge in [-0.3, -0.25) is 4.79 Å². The number of carbonyl (C=O) groups is 1. The van der Waals surface area contributed by atoms with Gasteiger partial charge in [-0.15, -0.1) is 0 Å². The molecule has 0 fully saturated rings. The largest absolute Gasteiger partial charge is 0.324 e. The molecule has 14 heavy (non-hydrogen) atoms. The van der Waals surface area contributed by atoms with Crippen LogP contribution in [0.15, 0.2) is 0 Å². The Kier molecular flexibility index (Phi) is 2.56. The van der Waals surface area contributed by atoms with E-state index < -0.39 is 0 Å². The molecule has 0 saturated carbocycles. The topological polar surface area (TPSA) is 46.9 Å². The van der Waals surface area contributed by atoms with Crippen molar-refractivity contribution in [1.82, 2.24) is 14.9 Å². The van der Waals surface area contributed by atoms with Crippen LogP contribution in [0.25, 0.3) is 0 Å². The Hall–Kier alpha value is -0.870. The van der Waals surface area contributed by atoms with E-state index in [2.05, 4.69) is 10.3 Å². The molecule has 0 radical (unpaired) electrons. The molecule has 1 N–H and O–H groups in total. The number of hydrogen-bond acceptors (Lipinski definition) is 3. The smallest absolute Gasteiger partial charge is 0.196 e. The molecular formula is C9H12ClN3O. The zero-order valence-electron chi connectivity index (χ0n) is 8.01. The minimum atomic E-state index is 0.0122. The number of likely N-dealkylation sites (N-methyl/N-ethyl adjacent to an activating group) is 1. The lowest BCUT2D eigenvalue weighted by Crippen LogP contribution is -2.21. The molecule has 0 atom stereocenters. The van der Waals surface area contributed by atoms with Crippen LogP contribution in [0.1, 0.15) is 22.7 Å². The first-order chi connectivity index (χ1) is 6.74. The first-order valence-corrected chi connectivity index (χ1v) is 5.04. The second kappa shape index (κ2) is 3.71. The zero-order valence-corrected chi connectivity index (χ0v) is 8.76. The van der Waals surface area contributed by atoms with Crippen LogP contribution in [0.2, 0.25) is 5.15 Å². The van der Waals surface area contributed by atoms with Gasteiger partial charge in [-0.25, -0.2) is 4.98 Å². The number of halogens is 1. The van der Waals surface area contributed by atoms with Gasteiger partial charge in [0.15, 0.2) is 10.9 Å². The summed E-state index contributed by atoms with van der Waals surface area (Å²) in [6.07, 6.45) is 1.98. The van der Waals surface area contributed by atoms with E-state index in [9.17, 15) is 4.79 Å². The van der Waals surface area contributed by atoms with Crippen LogP contribution in [0, 0.1) is 0 Å². The quantitative estimate of drug-likeness (QED) is 0.759. The van der Waals surface area contributed by atoms with Gasteiger partial charge >= 0.3 is 0 Å². The first kappa shape index (κ1) is 9.68. The van der Waals surface area contributed by atoms with Crippen LogP contribution < -0.4 is 5.32 Å². The molecule has 5 heteroatoms. The van der Waals surface area contributed by atoms with Crippen LogP contribution in [0.5, 0.6) is 0 Å². The molecule has 0 aromatic carbocycles. The van der Waals surface area contributed by atoms with Gasteiger partial charge in [0.25, 0.3) is 0 Å². The Morgan fingerprint density at radius 1 is 1.71 bits per heavy atom. The molecular weight excluding hydrogens is 202 g/mol. The number of ketones is 1. The van der Waals surface area contributed by atoms with Gasteiger partial charge in [0, 0.05) is 13.0 Å². The third-order valence-electron chi connectivity index (χ3n) is 2.39. The molecule has 4 nitrogen and oxygen atoms in total. The summed E-state index contributed by atoms with van der Waals surface area (Å²) in [6.45, 7) is 1.17. The molecule has 0 saturated heterocycles. The van der Waals surface area contributed by atoms with Crippen LogP contribution >= 0.6 is 11.6 Å². The van der Waals surface area contributed by atoms with Gasteiger partial charge in [-0.1, -0.05) is 11.6 Å². The molecule has 0 aliphatic carbocycles. The number of hydrogen-bond donors (Lipinski definition) is 1. The molecule has 1 aliphatic rings. The summed E-state index contributed by atoms with van der Waals surface area (Å²) in [5, 5.41) is 3.17. The number of aryl methyl sites for hydroxylation is 1. The molecule has 0 spiro atoms. The van der Waals surface area contributed by atoms with Crippen LogP contribution in [-0.2, 0) is 13.0 Å². The van der Waals surface area contributed by atoms with Gasteiger partial charge in [0.2, 0.25) is 0 Å². The molecule has 2 heterocycles. The van der Waals surface area contributed by atoms with Crippen LogP contribution in [0.4, 0.5) is 0 Å². The van der Waals surface area contributed by atoms with Gasteiger partial charge in [-0.2, -0.15) is 0 Å². The minimum Gasteiger partial charge on any atom is -0.324 e. The predicted octanol–water partition coefficient (Wildman–Crippen LogP) is 0.885. The Balaban J connectivity index is 2.37. The van der Waals surface area contributed by atoms with E-state index in [0.29, 0.717) is 17.4 Å². The van der Waals surface area contributed by atoms with E-state index in [1.165, 1.54) is 0 Å². The highest BCUT2D eigenvalue weighted by Crippen LogP contribution is 2.23. The van der Waals surface area contributed by atoms with Crippen molar-refractivity contribution in [2.75, 3.05) is 13.6 Å². The van der Waals surface area contributed by atoms with Crippen molar-refractivity contribution >= 4 is 17.4 Å². The van der Waals surface area contributed by atoms with Crippen molar-refractivity contribution in [1.29, 1.82) is 0 Å². The summed E-state index contributed by atoms with van der Waals surface area (Å²) in [5.41, 5.74) is 0.563. The standard InChI is InChI=1S/C9H12ClN3O/c1-11-5-6(14)8-9(10)12-7-3-2-4-13(7)8/h11H,2-5H2,1H3. The minimum absolute atomic E-state index is 0.0122. The fourth-order valence-corrected chi connectivity index (χ4v) is 2.11. The summed E-state index contributed by atoms with van der Waals surface area (Å²) in [5.74, 6) is 0.951. The van der Waals surface area contributed by atoms with E-state index in [0.717, 1.165) is 25.2 Å². The molecule has 1 aromatic rings. The Labute approximate surface area is 87.3 Å². The number of aromatic nitrogens is 2. The summed E-state index contributed by atoms with van der Waals surface area (Å²) >= 11 is 5.91. The highest BCUT2D eigenvalue weighted by Gasteiger charge is 2.23. The maximum atomic E-state index is 11.7. The summed E-state index contributed by atoms with van der Waals surface area (Å²) in [4.78, 5) is 15.9. The second-order valence-corrected chi connectivity index (χ2v) is 3.73. The molecule has 1 aliphatic heterocycles. The number of nitrogens with one attached hydrogen (secondary N) is 1. The van der Waals surface area contributed by atoms with Crippen LogP contribution in [-0.4, -0.2) is 28.9 Å². The van der Waals surface area contributed by atoms with Gasteiger partial charge < -0.3 is 9.88 Å². The fraction of sp³-hybridized carbons (Fsp3) is 0.556. The van der Waals surface area contributed by atoms with Crippen molar-refractivity contribution in [2.45, 2.75) is 19.4 Å². The number of rotatable bonds is 3. The van der Waals surface area contributed by atoms with Gasteiger partial charge in [0.05, 0.1) is 6.54 Å². The second-order valence-electron chi connectivity index (χ2n) is 3.38. The molecule has 0 amide bonds. The number of Topliss-reactive ketones (excluding diaryl/α,β-unsaturated/α-hetero) is 1. The number of fused-ring (bicyclic) bond motifs is 1. The van der Waals surface area contributed by atoms with Gasteiger partial charge in [-0.05, 0) is 13.5 Å². The molecule has 1 aromatic heterocycles. The van der Waals surface area contributed by atoms with E-state index >= 15 is 0 Å². The van der Waals surface area contributed by atoms with Crippen molar-refractivity contribution in [3.63, 3.8) is 0 Å². The van der Waals surface area contributed by atoms with Gasteiger partial charge in [0.1, 0.15) is 11.5 Å². The lowest BCUT2D eigenvalue weighted by molar-refractivity contribution is 0.0985. The van der Waals surface area contributed by atoms with E-state index in [-0.39, 0.29) is 5.78 Å². The fourth-order valence-electron chi connectivity index (χ4n) is 1.80. The molecule has 0 unspecified atom stereocenters. The maximum absolute atomic E-state index is 11.7. The summed E-state index contributed by atoms with van der Waals surface area (Å²) in [6, 6.07) is 0. The van der Waals surface area contributed by atoms with Crippen LogP contribution in [0.3, 0.4) is 0 Å². The van der Waals surface area contributed by atoms with Crippen molar-refractivity contribution < 1.29 is 4.79 Å². The van der Waals surface area contributed by atoms with Crippen molar-refractivity contribution in [3.05, 3.63) is 16.7 Å². The monoisotopic (exact) mass is 213 g/mol. The number of nitrogens with zero attached hydrogens (tertiary/aromatic N) is 2. The highest BCUT2D eigenvalue weighted by molar-refractivity contribution is 6.32. The molecule has 2 rings (SSSR count). The summed E-state index contributed by atoms with van der Waals surface area (Å²) < 4.78 is 1.93. The highest BCUT2D eigenvalue weighted by atomic mass is 35.5. The number of carbonyl (C=O) groups excluding carboxylic acids is 1. The number of imidazole rings is 1. The van der Waals surface area contributed by atoms with Crippen molar-refractivity contribution in [3.8, 4) is 0 Å². The van der Waals surface area contributed by atoms with E-state index in [1.54, 1.807) is 7.05 Å². The third-order valence-corrected chi connectivity index (χ3v) is 2.65. The van der Waals surface area contributed by atoms with Crippen molar-refractivity contribution in [2.24, 2.45) is 0 Å². The first-order valence-electron chi connectivity index (χ1n) is 4.66. The maximum Gasteiger partial charge on any atom is 0.196 e. The Bertz CT molecular complexity index is 372. The average molecular weight is 214 g/mol. The SMILES string of the molecule is CNCC(=O)c1c(Cl)nc2n1CCC2. The van der Waals surface area contributed by atoms with E-state index in [4.69, 9.17) is 11.6 Å². The summed E-state index contributed by atoms with van der Waals surface area (Å²) in [7, 11) is 1.74. The normalized spacial score (nSPS) is 14.4. The molecule has 76 valence electrons. The zero-order chi connectivity index (χ0) is 10.1. The lowest BCUT2D eigenvalue weighted by Gasteiger charge is -2.03. The predicted molar refractivity (Wildman–Crippen MR) is 53.8 cm³/mol. The van der Waals surface area contributed by atoms with E-state index in [1.807, 2.05) is 4.57 Å². The third kappa shape index (κ3) is 1.44. The average Bonchev–Trinajstić information content (AvgIpc) is 2.63. The lowest BCUT2D eigenvalue weighted by atomic mass is 10.3. The molecule has 0 bridgehead atoms. The Morgan fingerprint density at radius 2 is 2.50 bits per heavy atom.